The fourth-order valence-corrected chi connectivity index (χ4v) is 4.08. The van der Waals surface area contributed by atoms with Gasteiger partial charge in [-0.3, -0.25) is 0 Å². The lowest BCUT2D eigenvalue weighted by Crippen LogP contribution is -2.30. The number of sulfonamides is 1. The standard InChI is InChI=1S/C23H25NO3S/c1-17-9-11-22(12-10-17)28(25,26)24-16-23(20-7-5-4-6-8-20)27-21-14-18(2)13-19(3)15-21/h4-15,23-24H,16H2,1-3H3/t23-/m0/s1. The van der Waals surface area contributed by atoms with E-state index in [0.29, 0.717) is 0 Å². The van der Waals surface area contributed by atoms with Crippen molar-refractivity contribution in [1.29, 1.82) is 0 Å². The van der Waals surface area contributed by atoms with E-state index in [4.69, 9.17) is 4.74 Å². The van der Waals surface area contributed by atoms with Crippen LogP contribution in [0.4, 0.5) is 0 Å². The lowest BCUT2D eigenvalue weighted by molar-refractivity contribution is 0.209. The van der Waals surface area contributed by atoms with Crippen molar-refractivity contribution < 1.29 is 13.2 Å². The van der Waals surface area contributed by atoms with Gasteiger partial charge in [0.1, 0.15) is 11.9 Å². The van der Waals surface area contributed by atoms with E-state index in [-0.39, 0.29) is 11.4 Å². The number of rotatable bonds is 7. The molecule has 0 amide bonds. The molecule has 0 radical (unpaired) electrons. The van der Waals surface area contributed by atoms with Gasteiger partial charge in [0.05, 0.1) is 11.4 Å². The molecule has 0 unspecified atom stereocenters. The molecule has 0 aromatic heterocycles. The molecule has 146 valence electrons. The van der Waals surface area contributed by atoms with Crippen LogP contribution < -0.4 is 9.46 Å². The Morgan fingerprint density at radius 1 is 0.821 bits per heavy atom. The van der Waals surface area contributed by atoms with Gasteiger partial charge in [0.15, 0.2) is 0 Å². The fraction of sp³-hybridized carbons (Fsp3) is 0.217. The summed E-state index contributed by atoms with van der Waals surface area (Å²) in [5.74, 6) is 0.723. The fourth-order valence-electron chi connectivity index (χ4n) is 3.05. The van der Waals surface area contributed by atoms with Gasteiger partial charge >= 0.3 is 0 Å². The first-order valence-electron chi connectivity index (χ1n) is 9.20. The van der Waals surface area contributed by atoms with E-state index in [1.165, 1.54) is 0 Å². The molecule has 0 bridgehead atoms. The van der Waals surface area contributed by atoms with Crippen LogP contribution in [-0.4, -0.2) is 15.0 Å². The molecule has 5 heteroatoms. The highest BCUT2D eigenvalue weighted by Gasteiger charge is 2.19. The third-order valence-electron chi connectivity index (χ3n) is 4.43. The van der Waals surface area contributed by atoms with Crippen LogP contribution in [0.1, 0.15) is 28.4 Å². The normalized spacial score (nSPS) is 12.5. The summed E-state index contributed by atoms with van der Waals surface area (Å²) in [7, 11) is -3.62. The number of benzene rings is 3. The predicted molar refractivity (Wildman–Crippen MR) is 112 cm³/mol. The van der Waals surface area contributed by atoms with Crippen molar-refractivity contribution in [3.8, 4) is 5.75 Å². The molecule has 1 N–H and O–H groups in total. The summed E-state index contributed by atoms with van der Waals surface area (Å²) < 4.78 is 34.2. The maximum Gasteiger partial charge on any atom is 0.240 e. The largest absolute Gasteiger partial charge is 0.484 e. The SMILES string of the molecule is Cc1ccc(S(=O)(=O)NC[C@H](Oc2cc(C)cc(C)c2)c2ccccc2)cc1. The van der Waals surface area contributed by atoms with E-state index >= 15 is 0 Å². The first-order valence-corrected chi connectivity index (χ1v) is 10.7. The molecule has 0 heterocycles. The lowest BCUT2D eigenvalue weighted by atomic mass is 10.1. The molecule has 0 fully saturated rings. The molecular weight excluding hydrogens is 370 g/mol. The summed E-state index contributed by atoms with van der Waals surface area (Å²) in [6.07, 6.45) is -0.442. The zero-order chi connectivity index (χ0) is 20.1. The van der Waals surface area contributed by atoms with Gasteiger partial charge in [-0.1, -0.05) is 54.1 Å². The molecule has 4 nitrogen and oxygen atoms in total. The molecule has 0 aliphatic heterocycles. The molecule has 0 saturated heterocycles. The van der Waals surface area contributed by atoms with Gasteiger partial charge in [-0.05, 0) is 61.7 Å². The second-order valence-corrected chi connectivity index (χ2v) is 8.77. The highest BCUT2D eigenvalue weighted by Crippen LogP contribution is 2.24. The lowest BCUT2D eigenvalue weighted by Gasteiger charge is -2.21. The van der Waals surface area contributed by atoms with Crippen LogP contribution in [-0.2, 0) is 10.0 Å². The maximum atomic E-state index is 12.7. The van der Waals surface area contributed by atoms with Crippen LogP contribution >= 0.6 is 0 Å². The minimum absolute atomic E-state index is 0.132. The molecule has 1 atom stereocenters. The van der Waals surface area contributed by atoms with Crippen molar-refractivity contribution in [1.82, 2.24) is 4.72 Å². The van der Waals surface area contributed by atoms with E-state index < -0.39 is 16.1 Å². The predicted octanol–water partition coefficient (Wildman–Crippen LogP) is 4.71. The van der Waals surface area contributed by atoms with Gasteiger partial charge in [0, 0.05) is 0 Å². The van der Waals surface area contributed by atoms with E-state index in [1.54, 1.807) is 24.3 Å². The molecule has 28 heavy (non-hydrogen) atoms. The molecule has 0 aliphatic rings. The van der Waals surface area contributed by atoms with Gasteiger partial charge < -0.3 is 4.74 Å². The average molecular weight is 396 g/mol. The maximum absolute atomic E-state index is 12.7. The van der Waals surface area contributed by atoms with E-state index in [1.807, 2.05) is 63.2 Å². The van der Waals surface area contributed by atoms with Crippen molar-refractivity contribution in [3.63, 3.8) is 0 Å². The Labute approximate surface area is 167 Å². The Morgan fingerprint density at radius 3 is 2.04 bits per heavy atom. The van der Waals surface area contributed by atoms with E-state index in [2.05, 4.69) is 10.8 Å². The monoisotopic (exact) mass is 395 g/mol. The number of hydrogen-bond donors (Lipinski definition) is 1. The summed E-state index contributed by atoms with van der Waals surface area (Å²) in [4.78, 5) is 0.247. The molecule has 0 aliphatic carbocycles. The summed E-state index contributed by atoms with van der Waals surface area (Å²) >= 11 is 0. The van der Waals surface area contributed by atoms with Gasteiger partial charge in [0.2, 0.25) is 10.0 Å². The second-order valence-electron chi connectivity index (χ2n) is 7.01. The summed E-state index contributed by atoms with van der Waals surface area (Å²) in [5, 5.41) is 0. The van der Waals surface area contributed by atoms with Crippen molar-refractivity contribution in [2.24, 2.45) is 0 Å². The number of aryl methyl sites for hydroxylation is 3. The van der Waals surface area contributed by atoms with E-state index in [0.717, 1.165) is 28.0 Å². The van der Waals surface area contributed by atoms with Crippen molar-refractivity contribution in [2.45, 2.75) is 31.8 Å². The zero-order valence-corrected chi connectivity index (χ0v) is 17.2. The van der Waals surface area contributed by atoms with Crippen LogP contribution in [0.3, 0.4) is 0 Å². The van der Waals surface area contributed by atoms with Gasteiger partial charge in [0.25, 0.3) is 0 Å². The van der Waals surface area contributed by atoms with Gasteiger partial charge in [-0.15, -0.1) is 0 Å². The van der Waals surface area contributed by atoms with Crippen LogP contribution in [0.2, 0.25) is 0 Å². The Kier molecular flexibility index (Phi) is 6.17. The summed E-state index contributed by atoms with van der Waals surface area (Å²) in [6.45, 7) is 6.08. The Morgan fingerprint density at radius 2 is 1.43 bits per heavy atom. The second kappa shape index (κ2) is 8.59. The topological polar surface area (TPSA) is 55.4 Å². The third kappa shape index (κ3) is 5.21. The van der Waals surface area contributed by atoms with Crippen molar-refractivity contribution in [2.75, 3.05) is 6.54 Å². The van der Waals surface area contributed by atoms with Crippen LogP contribution in [0, 0.1) is 20.8 Å². The molecule has 3 aromatic rings. The highest BCUT2D eigenvalue weighted by atomic mass is 32.2. The Balaban J connectivity index is 1.82. The molecule has 3 aromatic carbocycles. The number of hydrogen-bond acceptors (Lipinski definition) is 3. The van der Waals surface area contributed by atoms with Crippen LogP contribution in [0.5, 0.6) is 5.75 Å². The molecule has 0 spiro atoms. The highest BCUT2D eigenvalue weighted by molar-refractivity contribution is 7.89. The van der Waals surface area contributed by atoms with Gasteiger partial charge in [-0.2, -0.15) is 0 Å². The smallest absolute Gasteiger partial charge is 0.240 e. The number of nitrogens with one attached hydrogen (secondary N) is 1. The van der Waals surface area contributed by atoms with Crippen LogP contribution in [0.25, 0.3) is 0 Å². The molecular formula is C23H25NO3S. The van der Waals surface area contributed by atoms with E-state index in [9.17, 15) is 8.42 Å². The molecule has 3 rings (SSSR count). The van der Waals surface area contributed by atoms with Crippen LogP contribution in [0.15, 0.2) is 77.7 Å². The summed E-state index contributed by atoms with van der Waals surface area (Å²) in [5.41, 5.74) is 4.12. The third-order valence-corrected chi connectivity index (χ3v) is 5.87. The summed E-state index contributed by atoms with van der Waals surface area (Å²) in [6, 6.07) is 22.4. The van der Waals surface area contributed by atoms with Crippen molar-refractivity contribution >= 4 is 10.0 Å². The average Bonchev–Trinajstić information content (AvgIpc) is 2.65. The minimum atomic E-state index is -3.62. The first kappa shape index (κ1) is 20.1. The molecule has 0 saturated carbocycles. The number of ether oxygens (including phenoxy) is 1. The minimum Gasteiger partial charge on any atom is -0.484 e. The Bertz CT molecular complexity index is 1010. The first-order chi connectivity index (χ1) is 13.3. The van der Waals surface area contributed by atoms with Crippen molar-refractivity contribution in [3.05, 3.63) is 95.1 Å². The Hall–Kier alpha value is -2.63. The zero-order valence-electron chi connectivity index (χ0n) is 16.3. The quantitative estimate of drug-likeness (QED) is 0.630. The van der Waals surface area contributed by atoms with Gasteiger partial charge in [-0.25, -0.2) is 13.1 Å².